The molecule has 1 saturated carbocycles. The average Bonchev–Trinajstić information content (AvgIpc) is 2.16. The molecule has 0 aromatic rings. The maximum atomic E-state index is 12.6. The summed E-state index contributed by atoms with van der Waals surface area (Å²) in [6.45, 7) is -0.322. The molecule has 2 N–H and O–H groups in total. The Hall–Kier alpha value is -0.820. The minimum Gasteiger partial charge on any atom is -0.481 e. The first-order chi connectivity index (χ1) is 8.36. The van der Waals surface area contributed by atoms with E-state index in [0.29, 0.717) is 13.0 Å². The smallest absolute Gasteiger partial charge is 0.403 e. The van der Waals surface area contributed by atoms with Crippen LogP contribution in [-0.2, 0) is 4.79 Å². The number of rotatable bonds is 7. The first-order valence-electron chi connectivity index (χ1n) is 6.00. The SMILES string of the molecule is O=C(O)C(CN(CCCO)C1CCC1)C(F)(F)F. The number of carboxylic acid groups (broad SMARTS) is 1. The van der Waals surface area contributed by atoms with Gasteiger partial charge in [0.05, 0.1) is 0 Å². The topological polar surface area (TPSA) is 60.8 Å². The van der Waals surface area contributed by atoms with Gasteiger partial charge in [0.2, 0.25) is 0 Å². The predicted molar refractivity (Wildman–Crippen MR) is 58.1 cm³/mol. The number of aliphatic hydroxyl groups is 1. The van der Waals surface area contributed by atoms with E-state index < -0.39 is 24.6 Å². The second-order valence-electron chi connectivity index (χ2n) is 4.59. The van der Waals surface area contributed by atoms with Crippen LogP contribution in [0.5, 0.6) is 0 Å². The summed E-state index contributed by atoms with van der Waals surface area (Å²) in [4.78, 5) is 12.2. The summed E-state index contributed by atoms with van der Waals surface area (Å²) in [6.07, 6.45) is -1.80. The van der Waals surface area contributed by atoms with Crippen LogP contribution in [-0.4, -0.2) is 53.0 Å². The molecule has 18 heavy (non-hydrogen) atoms. The number of hydrogen-bond acceptors (Lipinski definition) is 3. The van der Waals surface area contributed by atoms with Gasteiger partial charge in [-0.3, -0.25) is 9.69 Å². The summed E-state index contributed by atoms with van der Waals surface area (Å²) in [5.41, 5.74) is 0. The van der Waals surface area contributed by atoms with Gasteiger partial charge in [0.1, 0.15) is 0 Å². The maximum absolute atomic E-state index is 12.6. The van der Waals surface area contributed by atoms with Crippen molar-refractivity contribution in [3.63, 3.8) is 0 Å². The number of carbonyl (C=O) groups is 1. The van der Waals surface area contributed by atoms with Crippen LogP contribution in [0.25, 0.3) is 0 Å². The Balaban J connectivity index is 2.63. The van der Waals surface area contributed by atoms with Gasteiger partial charge in [-0.25, -0.2) is 0 Å². The average molecular weight is 269 g/mol. The van der Waals surface area contributed by atoms with E-state index in [1.54, 1.807) is 4.90 Å². The standard InChI is InChI=1S/C11H18F3NO3/c12-11(13,14)9(10(17)18)7-15(5-2-6-16)8-3-1-4-8/h8-9,16H,1-7H2,(H,17,18). The lowest BCUT2D eigenvalue weighted by molar-refractivity contribution is -0.198. The van der Waals surface area contributed by atoms with Crippen molar-refractivity contribution >= 4 is 5.97 Å². The predicted octanol–water partition coefficient (Wildman–Crippen LogP) is 1.49. The van der Waals surface area contributed by atoms with Gasteiger partial charge >= 0.3 is 12.1 Å². The van der Waals surface area contributed by atoms with Gasteiger partial charge in [-0.05, 0) is 19.3 Å². The lowest BCUT2D eigenvalue weighted by Crippen LogP contribution is -2.48. The molecular formula is C11H18F3NO3. The zero-order valence-electron chi connectivity index (χ0n) is 9.99. The van der Waals surface area contributed by atoms with E-state index in [4.69, 9.17) is 10.2 Å². The Kier molecular flexibility index (Phi) is 5.40. The quantitative estimate of drug-likeness (QED) is 0.735. The van der Waals surface area contributed by atoms with Gasteiger partial charge in [0.25, 0.3) is 0 Å². The van der Waals surface area contributed by atoms with Crippen molar-refractivity contribution in [2.24, 2.45) is 5.92 Å². The highest BCUT2D eigenvalue weighted by Crippen LogP contribution is 2.31. The summed E-state index contributed by atoms with van der Waals surface area (Å²) in [5, 5.41) is 17.4. The molecule has 0 spiro atoms. The molecule has 1 atom stereocenters. The molecule has 7 heteroatoms. The van der Waals surface area contributed by atoms with Crippen molar-refractivity contribution < 1.29 is 28.2 Å². The number of carboxylic acids is 1. The minimum absolute atomic E-state index is 0.0285. The number of alkyl halides is 3. The third-order valence-electron chi connectivity index (χ3n) is 3.30. The van der Waals surface area contributed by atoms with Gasteiger partial charge in [-0.15, -0.1) is 0 Å². The molecule has 0 amide bonds. The summed E-state index contributed by atoms with van der Waals surface area (Å²) < 4.78 is 37.7. The van der Waals surface area contributed by atoms with E-state index in [-0.39, 0.29) is 12.6 Å². The fourth-order valence-electron chi connectivity index (χ4n) is 2.00. The van der Waals surface area contributed by atoms with Crippen molar-refractivity contribution in [3.05, 3.63) is 0 Å². The maximum Gasteiger partial charge on any atom is 0.403 e. The molecule has 1 aliphatic rings. The molecule has 0 aliphatic heterocycles. The van der Waals surface area contributed by atoms with E-state index in [9.17, 15) is 18.0 Å². The van der Waals surface area contributed by atoms with Crippen molar-refractivity contribution in [3.8, 4) is 0 Å². The summed E-state index contributed by atoms with van der Waals surface area (Å²) >= 11 is 0. The fraction of sp³-hybridized carbons (Fsp3) is 0.909. The molecule has 1 fully saturated rings. The molecule has 106 valence electrons. The Morgan fingerprint density at radius 1 is 1.39 bits per heavy atom. The molecule has 0 heterocycles. The molecular weight excluding hydrogens is 251 g/mol. The monoisotopic (exact) mass is 269 g/mol. The zero-order valence-corrected chi connectivity index (χ0v) is 9.99. The summed E-state index contributed by atoms with van der Waals surface area (Å²) in [7, 11) is 0. The highest BCUT2D eigenvalue weighted by Gasteiger charge is 2.46. The lowest BCUT2D eigenvalue weighted by atomic mass is 9.90. The van der Waals surface area contributed by atoms with Gasteiger partial charge < -0.3 is 10.2 Å². The van der Waals surface area contributed by atoms with Crippen molar-refractivity contribution in [1.82, 2.24) is 4.90 Å². The summed E-state index contributed by atoms with van der Waals surface area (Å²) in [5.74, 6) is -4.19. The van der Waals surface area contributed by atoms with Gasteiger partial charge in [0, 0.05) is 25.7 Å². The van der Waals surface area contributed by atoms with Crippen LogP contribution in [0, 0.1) is 5.92 Å². The number of nitrogens with zero attached hydrogens (tertiary/aromatic N) is 1. The zero-order chi connectivity index (χ0) is 13.8. The third kappa shape index (κ3) is 4.13. The van der Waals surface area contributed by atoms with Crippen LogP contribution in [0.2, 0.25) is 0 Å². The molecule has 0 aromatic heterocycles. The van der Waals surface area contributed by atoms with E-state index in [1.807, 2.05) is 0 Å². The van der Waals surface area contributed by atoms with Crippen LogP contribution >= 0.6 is 0 Å². The van der Waals surface area contributed by atoms with Crippen LogP contribution in [0.4, 0.5) is 13.2 Å². The molecule has 4 nitrogen and oxygen atoms in total. The lowest BCUT2D eigenvalue weighted by Gasteiger charge is -2.39. The van der Waals surface area contributed by atoms with E-state index in [1.165, 1.54) is 0 Å². The van der Waals surface area contributed by atoms with Crippen molar-refractivity contribution in [1.29, 1.82) is 0 Å². The van der Waals surface area contributed by atoms with E-state index in [0.717, 1.165) is 19.3 Å². The number of aliphatic carboxylic acids is 1. The first-order valence-corrected chi connectivity index (χ1v) is 6.00. The van der Waals surface area contributed by atoms with Gasteiger partial charge in [-0.2, -0.15) is 13.2 Å². The molecule has 1 unspecified atom stereocenters. The first kappa shape index (κ1) is 15.2. The van der Waals surface area contributed by atoms with Crippen molar-refractivity contribution in [2.75, 3.05) is 19.7 Å². The normalized spacial score (nSPS) is 18.7. The Morgan fingerprint density at radius 2 is 2.00 bits per heavy atom. The molecule has 0 aromatic carbocycles. The second-order valence-corrected chi connectivity index (χ2v) is 4.59. The van der Waals surface area contributed by atoms with E-state index >= 15 is 0 Å². The number of hydrogen-bond donors (Lipinski definition) is 2. The molecule has 1 aliphatic carbocycles. The largest absolute Gasteiger partial charge is 0.481 e. The molecule has 0 bridgehead atoms. The molecule has 0 radical (unpaired) electrons. The van der Waals surface area contributed by atoms with Crippen LogP contribution in [0.15, 0.2) is 0 Å². The molecule has 1 rings (SSSR count). The Bertz CT molecular complexity index is 279. The summed E-state index contributed by atoms with van der Waals surface area (Å²) in [6, 6.07) is 0.0285. The Morgan fingerprint density at radius 3 is 2.33 bits per heavy atom. The second kappa shape index (κ2) is 6.38. The third-order valence-corrected chi connectivity index (χ3v) is 3.30. The highest BCUT2D eigenvalue weighted by molar-refractivity contribution is 5.71. The van der Waals surface area contributed by atoms with Gasteiger partial charge in [-0.1, -0.05) is 6.42 Å². The Labute approximate surface area is 103 Å². The van der Waals surface area contributed by atoms with Crippen LogP contribution in [0.1, 0.15) is 25.7 Å². The number of aliphatic hydroxyl groups excluding tert-OH is 1. The minimum atomic E-state index is -4.73. The van der Waals surface area contributed by atoms with E-state index in [2.05, 4.69) is 0 Å². The fourth-order valence-corrected chi connectivity index (χ4v) is 2.00. The molecule has 0 saturated heterocycles. The van der Waals surface area contributed by atoms with Crippen molar-refractivity contribution in [2.45, 2.75) is 37.9 Å². The van der Waals surface area contributed by atoms with Crippen LogP contribution in [0.3, 0.4) is 0 Å². The number of halogens is 3. The van der Waals surface area contributed by atoms with Gasteiger partial charge in [0.15, 0.2) is 5.92 Å². The van der Waals surface area contributed by atoms with Crippen LogP contribution < -0.4 is 0 Å². The highest BCUT2D eigenvalue weighted by atomic mass is 19.4.